The van der Waals surface area contributed by atoms with E-state index in [4.69, 9.17) is 11.0 Å². The van der Waals surface area contributed by atoms with Gasteiger partial charge in [-0.05, 0) is 26.0 Å². The number of nitriles is 1. The molecular formula is C12H16N4O2. The second-order valence-electron chi connectivity index (χ2n) is 4.07. The van der Waals surface area contributed by atoms with Crippen LogP contribution in [-0.4, -0.2) is 18.0 Å². The highest BCUT2D eigenvalue weighted by molar-refractivity contribution is 5.66. The van der Waals surface area contributed by atoms with Crippen LogP contribution in [0.5, 0.6) is 0 Å². The standard InChI is InChI=1S/C12H16N4O2/c1-3-15(8-9(2)7-13)10-4-5-12(16(17)18)11(14)6-10/h4-6,9H,3,8,14H2,1-2H3. The summed E-state index contributed by atoms with van der Waals surface area (Å²) < 4.78 is 0. The molecule has 0 spiro atoms. The fraction of sp³-hybridized carbons (Fsp3) is 0.417. The first-order chi connectivity index (χ1) is 8.49. The third-order valence-electron chi connectivity index (χ3n) is 2.67. The van der Waals surface area contributed by atoms with Crippen LogP contribution < -0.4 is 10.6 Å². The monoisotopic (exact) mass is 248 g/mol. The lowest BCUT2D eigenvalue weighted by molar-refractivity contribution is -0.383. The Bertz CT molecular complexity index is 481. The van der Waals surface area contributed by atoms with Crippen LogP contribution in [0, 0.1) is 27.4 Å². The first-order valence-corrected chi connectivity index (χ1v) is 5.68. The molecule has 1 aromatic carbocycles. The molecule has 6 heteroatoms. The summed E-state index contributed by atoms with van der Waals surface area (Å²) >= 11 is 0. The molecule has 0 saturated carbocycles. The van der Waals surface area contributed by atoms with E-state index >= 15 is 0 Å². The highest BCUT2D eigenvalue weighted by atomic mass is 16.6. The zero-order chi connectivity index (χ0) is 13.7. The van der Waals surface area contributed by atoms with Gasteiger partial charge in [0.15, 0.2) is 0 Å². The molecule has 1 atom stereocenters. The SMILES string of the molecule is CCN(CC(C)C#N)c1ccc([N+](=O)[O-])c(N)c1. The van der Waals surface area contributed by atoms with Crippen molar-refractivity contribution < 1.29 is 4.92 Å². The Morgan fingerprint density at radius 3 is 2.72 bits per heavy atom. The number of nitro benzene ring substituents is 1. The number of nitrogen functional groups attached to an aromatic ring is 1. The molecule has 0 aromatic heterocycles. The Balaban J connectivity index is 2.98. The Labute approximate surface area is 106 Å². The van der Waals surface area contributed by atoms with E-state index in [1.54, 1.807) is 12.1 Å². The van der Waals surface area contributed by atoms with Gasteiger partial charge in [0, 0.05) is 24.8 Å². The maximum absolute atomic E-state index is 10.7. The normalized spacial score (nSPS) is 11.6. The molecule has 1 aromatic rings. The maximum Gasteiger partial charge on any atom is 0.292 e. The van der Waals surface area contributed by atoms with Crippen molar-refractivity contribution >= 4 is 17.1 Å². The molecule has 0 amide bonds. The Kier molecular flexibility index (Phi) is 4.49. The number of hydrogen-bond donors (Lipinski definition) is 1. The summed E-state index contributed by atoms with van der Waals surface area (Å²) in [6, 6.07) is 6.79. The average molecular weight is 248 g/mol. The molecule has 0 saturated heterocycles. The van der Waals surface area contributed by atoms with E-state index in [0.717, 1.165) is 5.69 Å². The van der Waals surface area contributed by atoms with Crippen molar-refractivity contribution in [2.75, 3.05) is 23.7 Å². The fourth-order valence-electron chi connectivity index (χ4n) is 1.69. The molecule has 6 nitrogen and oxygen atoms in total. The zero-order valence-electron chi connectivity index (χ0n) is 10.5. The Morgan fingerprint density at radius 2 is 2.28 bits per heavy atom. The lowest BCUT2D eigenvalue weighted by Gasteiger charge is -2.24. The first kappa shape index (κ1) is 13.8. The van der Waals surface area contributed by atoms with Gasteiger partial charge in [0.25, 0.3) is 5.69 Å². The van der Waals surface area contributed by atoms with Gasteiger partial charge in [-0.25, -0.2) is 0 Å². The molecule has 96 valence electrons. The van der Waals surface area contributed by atoms with Crippen molar-refractivity contribution in [1.82, 2.24) is 0 Å². The predicted octanol–water partition coefficient (Wildman–Crippen LogP) is 2.16. The van der Waals surface area contributed by atoms with Gasteiger partial charge in [0.1, 0.15) is 5.69 Å². The Hall–Kier alpha value is -2.29. The molecule has 0 aliphatic heterocycles. The minimum Gasteiger partial charge on any atom is -0.393 e. The quantitative estimate of drug-likeness (QED) is 0.489. The third kappa shape index (κ3) is 3.10. The molecule has 0 heterocycles. The number of nitro groups is 1. The molecule has 0 aliphatic rings. The summed E-state index contributed by atoms with van der Waals surface area (Å²) in [6.45, 7) is 5.08. The summed E-state index contributed by atoms with van der Waals surface area (Å²) in [7, 11) is 0. The van der Waals surface area contributed by atoms with Gasteiger partial charge in [-0.3, -0.25) is 10.1 Å². The molecule has 1 rings (SSSR count). The van der Waals surface area contributed by atoms with Gasteiger partial charge in [-0.1, -0.05) is 0 Å². The van der Waals surface area contributed by atoms with Crippen LogP contribution >= 0.6 is 0 Å². The topological polar surface area (TPSA) is 96.2 Å². The second-order valence-corrected chi connectivity index (χ2v) is 4.07. The Morgan fingerprint density at radius 1 is 1.61 bits per heavy atom. The van der Waals surface area contributed by atoms with Crippen molar-refractivity contribution in [1.29, 1.82) is 5.26 Å². The molecule has 0 radical (unpaired) electrons. The number of hydrogen-bond acceptors (Lipinski definition) is 5. The molecule has 18 heavy (non-hydrogen) atoms. The summed E-state index contributed by atoms with van der Waals surface area (Å²) in [6.07, 6.45) is 0. The van der Waals surface area contributed by atoms with Crippen molar-refractivity contribution in [2.45, 2.75) is 13.8 Å². The smallest absolute Gasteiger partial charge is 0.292 e. The largest absolute Gasteiger partial charge is 0.393 e. The van der Waals surface area contributed by atoms with Crippen LogP contribution in [-0.2, 0) is 0 Å². The molecule has 0 bridgehead atoms. The van der Waals surface area contributed by atoms with Crippen LogP contribution in [0.25, 0.3) is 0 Å². The molecule has 0 fully saturated rings. The van der Waals surface area contributed by atoms with Crippen LogP contribution in [0.4, 0.5) is 17.1 Å². The average Bonchev–Trinajstić information content (AvgIpc) is 2.34. The lowest BCUT2D eigenvalue weighted by atomic mass is 10.1. The van der Waals surface area contributed by atoms with E-state index in [1.807, 2.05) is 18.7 Å². The van der Waals surface area contributed by atoms with Crippen molar-refractivity contribution in [3.8, 4) is 6.07 Å². The van der Waals surface area contributed by atoms with E-state index in [9.17, 15) is 10.1 Å². The van der Waals surface area contributed by atoms with E-state index in [1.165, 1.54) is 6.07 Å². The summed E-state index contributed by atoms with van der Waals surface area (Å²) in [4.78, 5) is 12.1. The molecule has 1 unspecified atom stereocenters. The highest BCUT2D eigenvalue weighted by Gasteiger charge is 2.15. The third-order valence-corrected chi connectivity index (χ3v) is 2.67. The zero-order valence-corrected chi connectivity index (χ0v) is 10.5. The van der Waals surface area contributed by atoms with Gasteiger partial charge in [0.05, 0.1) is 16.9 Å². The van der Waals surface area contributed by atoms with Crippen LogP contribution in [0.2, 0.25) is 0 Å². The maximum atomic E-state index is 10.7. The molecule has 2 N–H and O–H groups in total. The van der Waals surface area contributed by atoms with E-state index in [2.05, 4.69) is 6.07 Å². The van der Waals surface area contributed by atoms with E-state index in [0.29, 0.717) is 13.1 Å². The van der Waals surface area contributed by atoms with Crippen molar-refractivity contribution in [3.63, 3.8) is 0 Å². The van der Waals surface area contributed by atoms with Crippen molar-refractivity contribution in [3.05, 3.63) is 28.3 Å². The summed E-state index contributed by atoms with van der Waals surface area (Å²) in [5.74, 6) is -0.110. The number of nitrogens with zero attached hydrogens (tertiary/aromatic N) is 3. The molecule has 0 aliphatic carbocycles. The van der Waals surface area contributed by atoms with Gasteiger partial charge in [0.2, 0.25) is 0 Å². The first-order valence-electron chi connectivity index (χ1n) is 5.68. The minimum atomic E-state index is -0.507. The van der Waals surface area contributed by atoms with Gasteiger partial charge in [-0.15, -0.1) is 0 Å². The second kappa shape index (κ2) is 5.87. The summed E-state index contributed by atoms with van der Waals surface area (Å²) in [5.41, 5.74) is 6.48. The number of nitrogens with two attached hydrogens (primary N) is 1. The summed E-state index contributed by atoms with van der Waals surface area (Å²) in [5, 5.41) is 19.5. The van der Waals surface area contributed by atoms with Crippen molar-refractivity contribution in [2.24, 2.45) is 5.92 Å². The van der Waals surface area contributed by atoms with Crippen LogP contribution in [0.1, 0.15) is 13.8 Å². The number of rotatable bonds is 5. The van der Waals surface area contributed by atoms with E-state index < -0.39 is 4.92 Å². The van der Waals surface area contributed by atoms with Gasteiger partial charge >= 0.3 is 0 Å². The van der Waals surface area contributed by atoms with Gasteiger partial charge < -0.3 is 10.6 Å². The number of anilines is 2. The fourth-order valence-corrected chi connectivity index (χ4v) is 1.69. The number of benzene rings is 1. The van der Waals surface area contributed by atoms with Crippen LogP contribution in [0.3, 0.4) is 0 Å². The van der Waals surface area contributed by atoms with Gasteiger partial charge in [-0.2, -0.15) is 5.26 Å². The lowest BCUT2D eigenvalue weighted by Crippen LogP contribution is -2.27. The molecular weight excluding hydrogens is 232 g/mol. The van der Waals surface area contributed by atoms with Crippen LogP contribution in [0.15, 0.2) is 18.2 Å². The highest BCUT2D eigenvalue weighted by Crippen LogP contribution is 2.27. The predicted molar refractivity (Wildman–Crippen MR) is 70.2 cm³/mol. The minimum absolute atomic E-state index is 0.0943. The van der Waals surface area contributed by atoms with E-state index in [-0.39, 0.29) is 17.3 Å².